The molecule has 0 amide bonds. The van der Waals surface area contributed by atoms with E-state index in [2.05, 4.69) is 10.2 Å². The van der Waals surface area contributed by atoms with Gasteiger partial charge in [-0.25, -0.2) is 5.10 Å². The molecule has 66 valence electrons. The minimum absolute atomic E-state index is 0.105. The standard InChI is InChI=1S/C8H7N3OS/c12-8-10-9-7(13-8)6-11-4-2-1-3-5-11/h1-5H,6H2/p+1. The fraction of sp³-hybridized carbons (Fsp3) is 0.125. The number of aromatic amines is 1. The Bertz CT molecular complexity index is 434. The van der Waals surface area contributed by atoms with Crippen LogP contribution in [0.3, 0.4) is 0 Å². The first-order valence-electron chi connectivity index (χ1n) is 3.83. The maximum absolute atomic E-state index is 10.8. The van der Waals surface area contributed by atoms with E-state index in [9.17, 15) is 4.79 Å². The Morgan fingerprint density at radius 1 is 1.38 bits per heavy atom. The van der Waals surface area contributed by atoms with Gasteiger partial charge in [0.15, 0.2) is 17.4 Å². The maximum Gasteiger partial charge on any atom is 0.322 e. The van der Waals surface area contributed by atoms with Gasteiger partial charge in [0.25, 0.3) is 0 Å². The number of hydrogen-bond donors (Lipinski definition) is 1. The third kappa shape index (κ3) is 2.00. The van der Waals surface area contributed by atoms with Crippen molar-refractivity contribution in [3.63, 3.8) is 0 Å². The third-order valence-corrected chi connectivity index (χ3v) is 2.31. The van der Waals surface area contributed by atoms with Crippen LogP contribution in [0, 0.1) is 0 Å². The van der Waals surface area contributed by atoms with Crippen LogP contribution in [0.15, 0.2) is 35.4 Å². The Morgan fingerprint density at radius 3 is 2.77 bits per heavy atom. The average molecular weight is 194 g/mol. The lowest BCUT2D eigenvalue weighted by atomic mass is 10.5. The second-order valence-electron chi connectivity index (χ2n) is 2.55. The fourth-order valence-corrected chi connectivity index (χ4v) is 1.63. The predicted molar refractivity (Wildman–Crippen MR) is 48.5 cm³/mol. The molecule has 0 fully saturated rings. The molecule has 0 atom stereocenters. The van der Waals surface area contributed by atoms with E-state index in [0.29, 0.717) is 6.54 Å². The molecule has 0 aliphatic carbocycles. The van der Waals surface area contributed by atoms with Gasteiger partial charge < -0.3 is 0 Å². The summed E-state index contributed by atoms with van der Waals surface area (Å²) < 4.78 is 1.96. The molecule has 13 heavy (non-hydrogen) atoms. The normalized spacial score (nSPS) is 10.2. The topological polar surface area (TPSA) is 49.6 Å². The van der Waals surface area contributed by atoms with Crippen LogP contribution in [0.4, 0.5) is 0 Å². The minimum Gasteiger partial charge on any atom is -0.255 e. The fourth-order valence-electron chi connectivity index (χ4n) is 1.02. The largest absolute Gasteiger partial charge is 0.322 e. The van der Waals surface area contributed by atoms with E-state index in [1.165, 1.54) is 0 Å². The zero-order valence-corrected chi connectivity index (χ0v) is 7.62. The van der Waals surface area contributed by atoms with Gasteiger partial charge in [0.05, 0.1) is 0 Å². The van der Waals surface area contributed by atoms with Crippen molar-refractivity contribution in [2.24, 2.45) is 0 Å². The number of hydrogen-bond acceptors (Lipinski definition) is 3. The van der Waals surface area contributed by atoms with Crippen LogP contribution in [-0.2, 0) is 6.54 Å². The van der Waals surface area contributed by atoms with Crippen LogP contribution in [0.25, 0.3) is 0 Å². The van der Waals surface area contributed by atoms with E-state index in [-0.39, 0.29) is 4.87 Å². The molecule has 0 aliphatic rings. The first-order chi connectivity index (χ1) is 6.34. The number of nitrogens with zero attached hydrogens (tertiary/aromatic N) is 2. The Labute approximate surface area is 78.5 Å². The van der Waals surface area contributed by atoms with Crippen molar-refractivity contribution in [3.05, 3.63) is 45.3 Å². The molecule has 0 radical (unpaired) electrons. The van der Waals surface area contributed by atoms with E-state index in [0.717, 1.165) is 16.3 Å². The van der Waals surface area contributed by atoms with Crippen molar-refractivity contribution in [2.45, 2.75) is 6.54 Å². The lowest BCUT2D eigenvalue weighted by Crippen LogP contribution is -2.32. The summed E-state index contributed by atoms with van der Waals surface area (Å²) in [5, 5.41) is 7.05. The summed E-state index contributed by atoms with van der Waals surface area (Å²) in [5.74, 6) is 0. The summed E-state index contributed by atoms with van der Waals surface area (Å²) in [5.41, 5.74) is 0. The Balaban J connectivity index is 2.20. The van der Waals surface area contributed by atoms with E-state index < -0.39 is 0 Å². The molecule has 0 aliphatic heterocycles. The van der Waals surface area contributed by atoms with Gasteiger partial charge in [-0.05, 0) is 0 Å². The second kappa shape index (κ2) is 3.49. The maximum atomic E-state index is 10.8. The first-order valence-corrected chi connectivity index (χ1v) is 4.65. The van der Waals surface area contributed by atoms with Crippen molar-refractivity contribution >= 4 is 11.3 Å². The molecular formula is C8H8N3OS+. The molecule has 2 aromatic heterocycles. The van der Waals surface area contributed by atoms with Crippen LogP contribution in [0.1, 0.15) is 5.01 Å². The van der Waals surface area contributed by atoms with Gasteiger partial charge in [0.2, 0.25) is 6.54 Å². The van der Waals surface area contributed by atoms with Gasteiger partial charge in [-0.1, -0.05) is 17.4 Å². The summed E-state index contributed by atoms with van der Waals surface area (Å²) in [6.07, 6.45) is 3.87. The molecule has 5 heteroatoms. The lowest BCUT2D eigenvalue weighted by Gasteiger charge is -1.89. The number of aromatic nitrogens is 3. The predicted octanol–water partition coefficient (Wildman–Crippen LogP) is 0.167. The molecule has 0 saturated heterocycles. The monoisotopic (exact) mass is 194 g/mol. The van der Waals surface area contributed by atoms with Crippen molar-refractivity contribution in [1.29, 1.82) is 0 Å². The molecule has 1 N–H and O–H groups in total. The van der Waals surface area contributed by atoms with Gasteiger partial charge >= 0.3 is 4.87 Å². The Kier molecular flexibility index (Phi) is 2.18. The summed E-state index contributed by atoms with van der Waals surface area (Å²) in [4.78, 5) is 10.7. The van der Waals surface area contributed by atoms with Crippen molar-refractivity contribution in [1.82, 2.24) is 10.2 Å². The number of H-pyrrole nitrogens is 1. The van der Waals surface area contributed by atoms with Gasteiger partial charge in [-0.3, -0.25) is 4.79 Å². The second-order valence-corrected chi connectivity index (χ2v) is 3.60. The molecule has 4 nitrogen and oxygen atoms in total. The third-order valence-electron chi connectivity index (χ3n) is 1.58. The van der Waals surface area contributed by atoms with Crippen molar-refractivity contribution < 1.29 is 4.57 Å². The highest BCUT2D eigenvalue weighted by molar-refractivity contribution is 7.08. The van der Waals surface area contributed by atoms with Crippen LogP contribution < -0.4 is 9.44 Å². The summed E-state index contributed by atoms with van der Waals surface area (Å²) in [6.45, 7) is 0.643. The van der Waals surface area contributed by atoms with Gasteiger partial charge in [-0.15, -0.1) is 0 Å². The van der Waals surface area contributed by atoms with E-state index >= 15 is 0 Å². The number of pyridine rings is 1. The first kappa shape index (κ1) is 8.12. The SMILES string of the molecule is O=c1[nH]nc(C[n+]2ccccc2)s1. The average Bonchev–Trinajstić information content (AvgIpc) is 2.53. The summed E-state index contributed by atoms with van der Waals surface area (Å²) >= 11 is 1.14. The zero-order valence-electron chi connectivity index (χ0n) is 6.80. The zero-order chi connectivity index (χ0) is 9.10. The van der Waals surface area contributed by atoms with Crippen molar-refractivity contribution in [2.75, 3.05) is 0 Å². The number of rotatable bonds is 2. The molecule has 0 saturated carbocycles. The van der Waals surface area contributed by atoms with Crippen LogP contribution in [0.5, 0.6) is 0 Å². The highest BCUT2D eigenvalue weighted by atomic mass is 32.1. The Morgan fingerprint density at radius 2 is 2.15 bits per heavy atom. The molecular weight excluding hydrogens is 186 g/mol. The van der Waals surface area contributed by atoms with Gasteiger partial charge in [0.1, 0.15) is 0 Å². The quantitative estimate of drug-likeness (QED) is 0.693. The van der Waals surface area contributed by atoms with Crippen LogP contribution >= 0.6 is 11.3 Å². The molecule has 2 heterocycles. The summed E-state index contributed by atoms with van der Waals surface area (Å²) in [7, 11) is 0. The Hall–Kier alpha value is -1.49. The van der Waals surface area contributed by atoms with Crippen LogP contribution in [0.2, 0.25) is 0 Å². The molecule has 2 aromatic rings. The van der Waals surface area contributed by atoms with Crippen LogP contribution in [-0.4, -0.2) is 10.2 Å². The molecule has 0 bridgehead atoms. The highest BCUT2D eigenvalue weighted by Gasteiger charge is 2.04. The van der Waals surface area contributed by atoms with E-state index in [4.69, 9.17) is 0 Å². The lowest BCUT2D eigenvalue weighted by molar-refractivity contribution is -0.688. The van der Waals surface area contributed by atoms with E-state index in [1.54, 1.807) is 0 Å². The summed E-state index contributed by atoms with van der Waals surface area (Å²) in [6, 6.07) is 5.83. The molecule has 0 aromatic carbocycles. The van der Waals surface area contributed by atoms with E-state index in [1.807, 2.05) is 35.2 Å². The smallest absolute Gasteiger partial charge is 0.255 e. The van der Waals surface area contributed by atoms with Crippen molar-refractivity contribution in [3.8, 4) is 0 Å². The van der Waals surface area contributed by atoms with Gasteiger partial charge in [-0.2, -0.15) is 9.67 Å². The molecule has 2 rings (SSSR count). The minimum atomic E-state index is -0.105. The van der Waals surface area contributed by atoms with Gasteiger partial charge in [0, 0.05) is 12.1 Å². The molecule has 0 spiro atoms. The molecule has 0 unspecified atom stereocenters. The number of nitrogens with one attached hydrogen (secondary N) is 1. The highest BCUT2D eigenvalue weighted by Crippen LogP contribution is 1.94.